The molecular formula is C7H12N4O. The highest BCUT2D eigenvalue weighted by molar-refractivity contribution is 5.12. The number of nitrogens with two attached hydrogens (primary N) is 1. The van der Waals surface area contributed by atoms with E-state index in [1.807, 2.05) is 13.8 Å². The minimum Gasteiger partial charge on any atom is -0.466 e. The van der Waals surface area contributed by atoms with Crippen molar-refractivity contribution in [2.24, 2.45) is 5.73 Å². The van der Waals surface area contributed by atoms with Crippen molar-refractivity contribution in [2.75, 3.05) is 7.11 Å². The third-order valence-corrected chi connectivity index (χ3v) is 1.49. The van der Waals surface area contributed by atoms with E-state index >= 15 is 0 Å². The number of ether oxygens (including phenoxy) is 1. The summed E-state index contributed by atoms with van der Waals surface area (Å²) in [7, 11) is 1.50. The monoisotopic (exact) mass is 168 g/mol. The van der Waals surface area contributed by atoms with Gasteiger partial charge in [-0.2, -0.15) is 4.98 Å². The smallest absolute Gasteiger partial charge is 0.335 e. The number of aryl methyl sites for hydroxylation is 1. The maximum Gasteiger partial charge on any atom is 0.335 e. The number of nitrogens with zero attached hydrogens (tertiary/aromatic N) is 3. The molecule has 0 fully saturated rings. The van der Waals surface area contributed by atoms with Gasteiger partial charge in [-0.25, -0.2) is 0 Å². The molecule has 2 N–H and O–H groups in total. The van der Waals surface area contributed by atoms with Crippen molar-refractivity contribution in [2.45, 2.75) is 19.9 Å². The Kier molecular flexibility index (Phi) is 2.54. The van der Waals surface area contributed by atoms with Gasteiger partial charge >= 0.3 is 6.01 Å². The third kappa shape index (κ3) is 1.68. The van der Waals surface area contributed by atoms with Crippen LogP contribution in [0.3, 0.4) is 0 Å². The fourth-order valence-electron chi connectivity index (χ4n) is 0.899. The molecule has 0 amide bonds. The van der Waals surface area contributed by atoms with Gasteiger partial charge in [-0.05, 0) is 13.8 Å². The van der Waals surface area contributed by atoms with Crippen LogP contribution < -0.4 is 10.5 Å². The molecular weight excluding hydrogens is 156 g/mol. The lowest BCUT2D eigenvalue weighted by Gasteiger charge is -2.06. The second-order valence-electron chi connectivity index (χ2n) is 2.56. The van der Waals surface area contributed by atoms with E-state index in [2.05, 4.69) is 15.2 Å². The third-order valence-electron chi connectivity index (χ3n) is 1.49. The summed E-state index contributed by atoms with van der Waals surface area (Å²) in [4.78, 5) is 4.04. The summed E-state index contributed by atoms with van der Waals surface area (Å²) in [6.45, 7) is 3.67. The van der Waals surface area contributed by atoms with Crippen LogP contribution in [-0.2, 0) is 0 Å². The first-order chi connectivity index (χ1) is 5.65. The van der Waals surface area contributed by atoms with Gasteiger partial charge in [0.1, 0.15) is 5.69 Å². The van der Waals surface area contributed by atoms with Crippen LogP contribution in [0.2, 0.25) is 0 Å². The Balaban J connectivity index is 3.03. The Hall–Kier alpha value is -1.23. The van der Waals surface area contributed by atoms with Crippen molar-refractivity contribution in [3.8, 4) is 6.01 Å². The number of hydrogen-bond acceptors (Lipinski definition) is 5. The van der Waals surface area contributed by atoms with Crippen molar-refractivity contribution in [1.82, 2.24) is 15.2 Å². The van der Waals surface area contributed by atoms with Crippen LogP contribution in [0.1, 0.15) is 24.4 Å². The summed E-state index contributed by atoms with van der Waals surface area (Å²) >= 11 is 0. The Morgan fingerprint density at radius 3 is 2.50 bits per heavy atom. The zero-order valence-corrected chi connectivity index (χ0v) is 7.40. The van der Waals surface area contributed by atoms with Crippen molar-refractivity contribution in [1.29, 1.82) is 0 Å². The molecule has 1 unspecified atom stereocenters. The lowest BCUT2D eigenvalue weighted by atomic mass is 10.2. The lowest BCUT2D eigenvalue weighted by molar-refractivity contribution is 0.369. The van der Waals surface area contributed by atoms with Gasteiger partial charge < -0.3 is 10.5 Å². The number of rotatable bonds is 2. The minimum absolute atomic E-state index is 0.143. The van der Waals surface area contributed by atoms with Gasteiger partial charge in [-0.3, -0.25) is 0 Å². The first-order valence-electron chi connectivity index (χ1n) is 3.66. The molecule has 0 aliphatic rings. The average Bonchev–Trinajstić information content (AvgIpc) is 2.03. The quantitative estimate of drug-likeness (QED) is 0.683. The van der Waals surface area contributed by atoms with Gasteiger partial charge in [-0.15, -0.1) is 5.10 Å². The molecule has 66 valence electrons. The maximum atomic E-state index is 5.62. The normalized spacial score (nSPS) is 12.7. The molecule has 0 spiro atoms. The van der Waals surface area contributed by atoms with Crippen molar-refractivity contribution in [3.63, 3.8) is 0 Å². The molecule has 1 aromatic heterocycles. The zero-order chi connectivity index (χ0) is 9.14. The largest absolute Gasteiger partial charge is 0.466 e. The van der Waals surface area contributed by atoms with Gasteiger partial charge in [0.05, 0.1) is 12.8 Å². The lowest BCUT2D eigenvalue weighted by Crippen LogP contribution is -2.12. The molecule has 12 heavy (non-hydrogen) atoms. The Morgan fingerprint density at radius 1 is 1.42 bits per heavy atom. The molecule has 0 aromatic carbocycles. The molecule has 0 saturated heterocycles. The fourth-order valence-corrected chi connectivity index (χ4v) is 0.899. The van der Waals surface area contributed by atoms with Crippen LogP contribution in [-0.4, -0.2) is 22.3 Å². The summed E-state index contributed by atoms with van der Waals surface area (Å²) in [5, 5.41) is 7.60. The van der Waals surface area contributed by atoms with E-state index in [-0.39, 0.29) is 12.1 Å². The summed E-state index contributed by atoms with van der Waals surface area (Å²) in [6, 6.07) is 0.132. The van der Waals surface area contributed by atoms with Gasteiger partial charge in [-0.1, -0.05) is 5.10 Å². The highest BCUT2D eigenvalue weighted by atomic mass is 16.5. The van der Waals surface area contributed by atoms with Crippen LogP contribution in [0.15, 0.2) is 0 Å². The Labute approximate surface area is 71.0 Å². The molecule has 1 atom stereocenters. The van der Waals surface area contributed by atoms with Crippen molar-refractivity contribution >= 4 is 0 Å². The Morgan fingerprint density at radius 2 is 2.08 bits per heavy atom. The first-order valence-corrected chi connectivity index (χ1v) is 3.66. The van der Waals surface area contributed by atoms with E-state index in [1.54, 1.807) is 0 Å². The topological polar surface area (TPSA) is 73.9 Å². The van der Waals surface area contributed by atoms with Crippen molar-refractivity contribution < 1.29 is 4.74 Å². The molecule has 1 aromatic rings. The van der Waals surface area contributed by atoms with E-state index in [1.165, 1.54) is 7.11 Å². The number of aromatic nitrogens is 3. The molecule has 5 nitrogen and oxygen atoms in total. The van der Waals surface area contributed by atoms with Gasteiger partial charge in [0, 0.05) is 6.04 Å². The predicted molar refractivity (Wildman–Crippen MR) is 43.7 cm³/mol. The van der Waals surface area contributed by atoms with Gasteiger partial charge in [0.2, 0.25) is 0 Å². The molecule has 1 heterocycles. The highest BCUT2D eigenvalue weighted by Gasteiger charge is 2.08. The van der Waals surface area contributed by atoms with E-state index in [9.17, 15) is 0 Å². The van der Waals surface area contributed by atoms with Crippen LogP contribution in [0, 0.1) is 6.92 Å². The van der Waals surface area contributed by atoms with E-state index in [0.717, 1.165) is 5.69 Å². The molecule has 0 saturated carbocycles. The molecule has 0 aliphatic heterocycles. The van der Waals surface area contributed by atoms with Crippen LogP contribution in [0.5, 0.6) is 6.01 Å². The highest BCUT2D eigenvalue weighted by Crippen LogP contribution is 2.10. The summed E-state index contributed by atoms with van der Waals surface area (Å²) in [5.41, 5.74) is 7.09. The summed E-state index contributed by atoms with van der Waals surface area (Å²) in [5.74, 6) is 0. The maximum absolute atomic E-state index is 5.62. The van der Waals surface area contributed by atoms with Crippen LogP contribution in [0.25, 0.3) is 0 Å². The molecule has 0 aliphatic carbocycles. The van der Waals surface area contributed by atoms with E-state index in [4.69, 9.17) is 10.5 Å². The van der Waals surface area contributed by atoms with Gasteiger partial charge in [0.15, 0.2) is 0 Å². The standard InChI is InChI=1S/C7H12N4O/c1-4(8)6-5(2)9-7(12-3)11-10-6/h4H,8H2,1-3H3. The zero-order valence-electron chi connectivity index (χ0n) is 7.40. The fraction of sp³-hybridized carbons (Fsp3) is 0.571. The SMILES string of the molecule is COc1nnc(C(C)N)c(C)n1. The Bertz CT molecular complexity index is 274. The average molecular weight is 168 g/mol. The van der Waals surface area contributed by atoms with Crippen LogP contribution >= 0.6 is 0 Å². The summed E-state index contributed by atoms with van der Waals surface area (Å²) < 4.78 is 4.80. The second-order valence-corrected chi connectivity index (χ2v) is 2.56. The second kappa shape index (κ2) is 3.44. The summed E-state index contributed by atoms with van der Waals surface area (Å²) in [6.07, 6.45) is 0. The molecule has 1 rings (SSSR count). The molecule has 5 heteroatoms. The van der Waals surface area contributed by atoms with Crippen molar-refractivity contribution in [3.05, 3.63) is 11.4 Å². The molecule has 0 bridgehead atoms. The first kappa shape index (κ1) is 8.86. The minimum atomic E-state index is -0.143. The number of methoxy groups -OCH3 is 1. The van der Waals surface area contributed by atoms with E-state index in [0.29, 0.717) is 5.69 Å². The van der Waals surface area contributed by atoms with Crippen LogP contribution in [0.4, 0.5) is 0 Å². The molecule has 0 radical (unpaired) electrons. The van der Waals surface area contributed by atoms with Gasteiger partial charge in [0.25, 0.3) is 0 Å². The predicted octanol–water partition coefficient (Wildman–Crippen LogP) is 0.208. The van der Waals surface area contributed by atoms with E-state index < -0.39 is 0 Å². The number of hydrogen-bond donors (Lipinski definition) is 1.